The minimum atomic E-state index is 1.15. The second kappa shape index (κ2) is 12.2. The van der Waals surface area contributed by atoms with Crippen molar-refractivity contribution in [2.75, 3.05) is 0 Å². The third-order valence-electron chi connectivity index (χ3n) is 11.1. The van der Waals surface area contributed by atoms with Crippen LogP contribution in [0, 0.1) is 0 Å². The Labute approximate surface area is 313 Å². The Kier molecular flexibility index (Phi) is 6.90. The Balaban J connectivity index is 1.07. The maximum Gasteiger partial charge on any atom is 0.0547 e. The summed E-state index contributed by atoms with van der Waals surface area (Å²) in [5.74, 6) is 0. The van der Waals surface area contributed by atoms with Gasteiger partial charge in [0.25, 0.3) is 0 Å². The quantitative estimate of drug-likeness (QED) is 0.171. The zero-order valence-corrected chi connectivity index (χ0v) is 29.5. The number of nitrogens with zero attached hydrogens (tertiary/aromatic N) is 2. The predicted molar refractivity (Wildman–Crippen MR) is 229 cm³/mol. The molecule has 2 heteroatoms. The number of rotatable bonds is 5. The fraction of sp³-hybridized carbons (Fsp3) is 0. The zero-order chi connectivity index (χ0) is 35.6. The summed E-state index contributed by atoms with van der Waals surface area (Å²) >= 11 is 0. The molecule has 0 aliphatic heterocycles. The van der Waals surface area contributed by atoms with Crippen LogP contribution in [0.25, 0.3) is 99.1 Å². The van der Waals surface area contributed by atoms with Crippen molar-refractivity contribution in [1.29, 1.82) is 0 Å². The minimum Gasteiger partial charge on any atom is -0.309 e. The van der Waals surface area contributed by atoms with Crippen molar-refractivity contribution in [1.82, 2.24) is 9.13 Å². The van der Waals surface area contributed by atoms with Crippen molar-refractivity contribution in [2.45, 2.75) is 0 Å². The first-order valence-corrected chi connectivity index (χ1v) is 18.6. The normalized spacial score (nSPS) is 11.7. The molecule has 11 rings (SSSR count). The molecular weight excluding hydrogens is 653 g/mol. The Morgan fingerprint density at radius 3 is 1.65 bits per heavy atom. The SMILES string of the molecule is c1ccc(-c2ccc(-n3c4ccccc4c4ccc(-c5ccc6c(c5)c5ccccc5n6-c5ccccc5-c5ccc6ccccc6c5)cc43)cc2)cc1. The van der Waals surface area contributed by atoms with E-state index in [4.69, 9.17) is 0 Å². The molecule has 0 unspecified atom stereocenters. The highest BCUT2D eigenvalue weighted by Gasteiger charge is 2.18. The van der Waals surface area contributed by atoms with Crippen LogP contribution in [0.3, 0.4) is 0 Å². The van der Waals surface area contributed by atoms with E-state index in [1.807, 2.05) is 0 Å². The molecule has 252 valence electrons. The summed E-state index contributed by atoms with van der Waals surface area (Å²) in [4.78, 5) is 0. The van der Waals surface area contributed by atoms with Crippen molar-refractivity contribution in [2.24, 2.45) is 0 Å². The molecule has 0 N–H and O–H groups in total. The fourth-order valence-corrected chi connectivity index (χ4v) is 8.54. The van der Waals surface area contributed by atoms with Gasteiger partial charge in [0, 0.05) is 32.8 Å². The summed E-state index contributed by atoms with van der Waals surface area (Å²) < 4.78 is 4.86. The summed E-state index contributed by atoms with van der Waals surface area (Å²) in [6, 6.07) is 75.2. The van der Waals surface area contributed by atoms with Gasteiger partial charge in [-0.2, -0.15) is 0 Å². The molecule has 54 heavy (non-hydrogen) atoms. The van der Waals surface area contributed by atoms with Gasteiger partial charge in [0.05, 0.1) is 27.8 Å². The Morgan fingerprint density at radius 2 is 0.815 bits per heavy atom. The van der Waals surface area contributed by atoms with Gasteiger partial charge in [-0.25, -0.2) is 0 Å². The summed E-state index contributed by atoms with van der Waals surface area (Å²) in [7, 11) is 0. The van der Waals surface area contributed by atoms with Gasteiger partial charge in [0.1, 0.15) is 0 Å². The van der Waals surface area contributed by atoms with Crippen molar-refractivity contribution in [3.05, 3.63) is 206 Å². The molecule has 0 aliphatic rings. The molecule has 0 atom stereocenters. The number of hydrogen-bond donors (Lipinski definition) is 0. The number of aromatic nitrogens is 2. The standard InChI is InChI=1S/C52H34N2/c1-2-12-35(13-3-1)37-24-28-42(29-25-37)53-49-20-10-7-17-44(49)46-30-26-40(34-52(46)53)39-27-31-51-47(33-39)45-18-8-11-21-50(45)54(51)48-19-9-6-16-43(48)41-23-22-36-14-4-5-15-38(36)32-41/h1-34H. The largest absolute Gasteiger partial charge is 0.309 e. The molecule has 11 aromatic rings. The topological polar surface area (TPSA) is 9.86 Å². The lowest BCUT2D eigenvalue weighted by Gasteiger charge is -2.15. The average molecular weight is 687 g/mol. The van der Waals surface area contributed by atoms with E-state index < -0.39 is 0 Å². The van der Waals surface area contributed by atoms with Crippen molar-refractivity contribution >= 4 is 54.4 Å². The molecule has 2 heterocycles. The van der Waals surface area contributed by atoms with E-state index in [1.54, 1.807) is 0 Å². The number of hydrogen-bond acceptors (Lipinski definition) is 0. The highest BCUT2D eigenvalue weighted by atomic mass is 15.0. The van der Waals surface area contributed by atoms with Crippen LogP contribution in [-0.2, 0) is 0 Å². The highest BCUT2D eigenvalue weighted by Crippen LogP contribution is 2.40. The number of para-hydroxylation sites is 3. The van der Waals surface area contributed by atoms with Gasteiger partial charge in [-0.05, 0) is 93.2 Å². The third kappa shape index (κ3) is 4.81. The predicted octanol–water partition coefficient (Wildman–Crippen LogP) is 14.0. The first kappa shape index (κ1) is 30.5. The van der Waals surface area contributed by atoms with Gasteiger partial charge in [-0.1, -0.05) is 152 Å². The first-order chi connectivity index (χ1) is 26.8. The van der Waals surface area contributed by atoms with Gasteiger partial charge in [0.15, 0.2) is 0 Å². The Hall–Kier alpha value is -7.16. The molecular formula is C52H34N2. The lowest BCUT2D eigenvalue weighted by Crippen LogP contribution is -1.97. The molecule has 0 amide bonds. The minimum absolute atomic E-state index is 1.15. The van der Waals surface area contributed by atoms with Gasteiger partial charge in [-0.15, -0.1) is 0 Å². The van der Waals surface area contributed by atoms with Crippen LogP contribution in [-0.4, -0.2) is 9.13 Å². The maximum absolute atomic E-state index is 2.44. The second-order valence-electron chi connectivity index (χ2n) is 14.2. The molecule has 2 aromatic heterocycles. The van der Waals surface area contributed by atoms with E-state index in [0.717, 1.165) is 5.69 Å². The van der Waals surface area contributed by atoms with Crippen LogP contribution >= 0.6 is 0 Å². The van der Waals surface area contributed by atoms with Crippen LogP contribution in [0.5, 0.6) is 0 Å². The van der Waals surface area contributed by atoms with Gasteiger partial charge in [0.2, 0.25) is 0 Å². The summed E-state index contributed by atoms with van der Waals surface area (Å²) in [5.41, 5.74) is 14.4. The molecule has 2 nitrogen and oxygen atoms in total. The van der Waals surface area contributed by atoms with Crippen LogP contribution in [0.15, 0.2) is 206 Å². The summed E-state index contributed by atoms with van der Waals surface area (Å²) in [6.07, 6.45) is 0. The molecule has 9 aromatic carbocycles. The molecule has 0 saturated carbocycles. The fourth-order valence-electron chi connectivity index (χ4n) is 8.54. The van der Waals surface area contributed by atoms with Crippen LogP contribution in [0.4, 0.5) is 0 Å². The molecule has 0 aliphatic carbocycles. The third-order valence-corrected chi connectivity index (χ3v) is 11.1. The molecule has 0 bridgehead atoms. The van der Waals surface area contributed by atoms with Crippen LogP contribution in [0.1, 0.15) is 0 Å². The van der Waals surface area contributed by atoms with E-state index in [-0.39, 0.29) is 0 Å². The van der Waals surface area contributed by atoms with Crippen molar-refractivity contribution < 1.29 is 0 Å². The van der Waals surface area contributed by atoms with E-state index in [0.29, 0.717) is 0 Å². The second-order valence-corrected chi connectivity index (χ2v) is 14.2. The van der Waals surface area contributed by atoms with E-state index in [9.17, 15) is 0 Å². The maximum atomic E-state index is 2.44. The van der Waals surface area contributed by atoms with Crippen molar-refractivity contribution in [3.8, 4) is 44.8 Å². The number of benzene rings is 9. The smallest absolute Gasteiger partial charge is 0.0547 e. The van der Waals surface area contributed by atoms with Crippen molar-refractivity contribution in [3.63, 3.8) is 0 Å². The van der Waals surface area contributed by atoms with E-state index in [1.165, 1.54) is 93.5 Å². The molecule has 0 spiro atoms. The number of fused-ring (bicyclic) bond motifs is 7. The molecule has 0 saturated heterocycles. The van der Waals surface area contributed by atoms with Gasteiger partial charge in [-0.3, -0.25) is 0 Å². The zero-order valence-electron chi connectivity index (χ0n) is 29.5. The lowest BCUT2D eigenvalue weighted by molar-refractivity contribution is 1.18. The Morgan fingerprint density at radius 1 is 0.259 bits per heavy atom. The van der Waals surface area contributed by atoms with Gasteiger partial charge >= 0.3 is 0 Å². The average Bonchev–Trinajstić information content (AvgIpc) is 3.76. The summed E-state index contributed by atoms with van der Waals surface area (Å²) in [5, 5.41) is 7.50. The molecule has 0 fully saturated rings. The van der Waals surface area contributed by atoms with Gasteiger partial charge < -0.3 is 9.13 Å². The van der Waals surface area contributed by atoms with Crippen LogP contribution in [0.2, 0.25) is 0 Å². The van der Waals surface area contributed by atoms with E-state index in [2.05, 4.69) is 215 Å². The monoisotopic (exact) mass is 686 g/mol. The summed E-state index contributed by atoms with van der Waals surface area (Å²) in [6.45, 7) is 0. The Bertz CT molecular complexity index is 3200. The highest BCUT2D eigenvalue weighted by molar-refractivity contribution is 6.13. The lowest BCUT2D eigenvalue weighted by atomic mass is 9.99. The van der Waals surface area contributed by atoms with E-state index >= 15 is 0 Å². The van der Waals surface area contributed by atoms with Crippen LogP contribution < -0.4 is 0 Å². The molecule has 0 radical (unpaired) electrons. The first-order valence-electron chi connectivity index (χ1n) is 18.6.